The molecule has 146 valence electrons. The molecule has 4 heteroatoms. The zero-order valence-corrected chi connectivity index (χ0v) is 16.6. The Morgan fingerprint density at radius 1 is 1.00 bits per heavy atom. The van der Waals surface area contributed by atoms with Crippen molar-refractivity contribution in [1.29, 1.82) is 0 Å². The molecule has 1 unspecified atom stereocenters. The zero-order valence-electron chi connectivity index (χ0n) is 16.6. The number of ether oxygens (including phenoxy) is 1. The van der Waals surface area contributed by atoms with Crippen molar-refractivity contribution >= 4 is 11.5 Å². The third-order valence-corrected chi connectivity index (χ3v) is 5.33. The molecule has 0 bridgehead atoms. The highest BCUT2D eigenvalue weighted by molar-refractivity contribution is 6.03. The topological polar surface area (TPSA) is 47.9 Å². The van der Waals surface area contributed by atoms with Crippen molar-refractivity contribution in [2.24, 2.45) is 5.16 Å². The first-order valence-electron chi connectivity index (χ1n) is 9.64. The summed E-state index contributed by atoms with van der Waals surface area (Å²) >= 11 is 0. The van der Waals surface area contributed by atoms with E-state index in [2.05, 4.69) is 24.2 Å². The van der Waals surface area contributed by atoms with Crippen molar-refractivity contribution in [3.8, 4) is 5.75 Å². The molecule has 0 spiro atoms. The SMILES string of the molecule is COc1ccc(C2(CC(=O)c3ccccc3)CC(c3ccc(C)cc3)=NO2)cc1. The van der Waals surface area contributed by atoms with Crippen LogP contribution in [0.5, 0.6) is 5.75 Å². The molecular weight excluding hydrogens is 362 g/mol. The van der Waals surface area contributed by atoms with E-state index in [1.165, 1.54) is 5.56 Å². The Morgan fingerprint density at radius 3 is 2.34 bits per heavy atom. The molecule has 1 aliphatic heterocycles. The maximum absolute atomic E-state index is 13.0. The number of nitrogens with zero attached hydrogens (tertiary/aromatic N) is 1. The van der Waals surface area contributed by atoms with Crippen molar-refractivity contribution in [1.82, 2.24) is 0 Å². The fraction of sp³-hybridized carbons (Fsp3) is 0.200. The van der Waals surface area contributed by atoms with Gasteiger partial charge in [0, 0.05) is 12.0 Å². The lowest BCUT2D eigenvalue weighted by atomic mass is 9.82. The van der Waals surface area contributed by atoms with E-state index in [9.17, 15) is 4.79 Å². The minimum absolute atomic E-state index is 0.0294. The Labute approximate surface area is 170 Å². The van der Waals surface area contributed by atoms with Crippen LogP contribution in [0, 0.1) is 6.92 Å². The van der Waals surface area contributed by atoms with Crippen molar-refractivity contribution in [3.63, 3.8) is 0 Å². The number of Topliss-reactive ketones (excluding diaryl/α,β-unsaturated/α-hetero) is 1. The molecular formula is C25H23NO3. The van der Waals surface area contributed by atoms with E-state index in [-0.39, 0.29) is 12.2 Å². The van der Waals surface area contributed by atoms with Crippen LogP contribution >= 0.6 is 0 Å². The largest absolute Gasteiger partial charge is 0.497 e. The second kappa shape index (κ2) is 7.92. The van der Waals surface area contributed by atoms with Crippen LogP contribution in [0.3, 0.4) is 0 Å². The molecule has 4 rings (SSSR count). The van der Waals surface area contributed by atoms with Crippen LogP contribution in [0.15, 0.2) is 84.0 Å². The standard InChI is InChI=1S/C25H23NO3/c1-18-8-10-19(11-9-18)23-16-25(29-26-23,21-12-14-22(28-2)15-13-21)17-24(27)20-6-4-3-5-7-20/h3-15H,16-17H2,1-2H3. The van der Waals surface area contributed by atoms with Gasteiger partial charge in [-0.1, -0.05) is 77.4 Å². The summed E-state index contributed by atoms with van der Waals surface area (Å²) in [7, 11) is 1.63. The second-order valence-electron chi connectivity index (χ2n) is 7.36. The van der Waals surface area contributed by atoms with Gasteiger partial charge in [-0.3, -0.25) is 4.79 Å². The van der Waals surface area contributed by atoms with Gasteiger partial charge in [0.15, 0.2) is 11.4 Å². The summed E-state index contributed by atoms with van der Waals surface area (Å²) < 4.78 is 5.28. The van der Waals surface area contributed by atoms with E-state index in [1.54, 1.807) is 7.11 Å². The Balaban J connectivity index is 1.66. The van der Waals surface area contributed by atoms with E-state index in [0.29, 0.717) is 12.0 Å². The van der Waals surface area contributed by atoms with E-state index >= 15 is 0 Å². The molecule has 1 atom stereocenters. The molecule has 0 saturated heterocycles. The summed E-state index contributed by atoms with van der Waals surface area (Å²) in [6.07, 6.45) is 0.739. The number of ketones is 1. The van der Waals surface area contributed by atoms with Gasteiger partial charge < -0.3 is 9.57 Å². The van der Waals surface area contributed by atoms with Crippen molar-refractivity contribution < 1.29 is 14.4 Å². The van der Waals surface area contributed by atoms with Crippen molar-refractivity contribution in [2.75, 3.05) is 7.11 Å². The number of oxime groups is 1. The summed E-state index contributed by atoms with van der Waals surface area (Å²) in [5.41, 5.74) is 3.80. The molecule has 1 heterocycles. The second-order valence-corrected chi connectivity index (χ2v) is 7.36. The molecule has 0 fully saturated rings. The fourth-order valence-electron chi connectivity index (χ4n) is 3.61. The molecule has 0 aromatic heterocycles. The van der Waals surface area contributed by atoms with Gasteiger partial charge in [0.25, 0.3) is 0 Å². The molecule has 0 amide bonds. The van der Waals surface area contributed by atoms with E-state index < -0.39 is 5.60 Å². The lowest BCUT2D eigenvalue weighted by Crippen LogP contribution is -2.30. The molecule has 3 aromatic rings. The van der Waals surface area contributed by atoms with E-state index in [1.807, 2.05) is 66.7 Å². The highest BCUT2D eigenvalue weighted by Crippen LogP contribution is 2.41. The van der Waals surface area contributed by atoms with Gasteiger partial charge in [0.05, 0.1) is 19.2 Å². The molecule has 1 aliphatic rings. The van der Waals surface area contributed by atoms with Crippen LogP contribution in [0.25, 0.3) is 0 Å². The molecule has 0 N–H and O–H groups in total. The van der Waals surface area contributed by atoms with Gasteiger partial charge in [-0.2, -0.15) is 0 Å². The Hall–Kier alpha value is -3.40. The third-order valence-electron chi connectivity index (χ3n) is 5.33. The van der Waals surface area contributed by atoms with E-state index in [0.717, 1.165) is 22.6 Å². The van der Waals surface area contributed by atoms with Gasteiger partial charge >= 0.3 is 0 Å². The maximum Gasteiger partial charge on any atom is 0.175 e. The van der Waals surface area contributed by atoms with Crippen LogP contribution in [-0.4, -0.2) is 18.6 Å². The van der Waals surface area contributed by atoms with Gasteiger partial charge in [0.1, 0.15) is 5.75 Å². The third kappa shape index (κ3) is 3.92. The number of benzene rings is 3. The molecule has 4 nitrogen and oxygen atoms in total. The first-order chi connectivity index (χ1) is 14.1. The lowest BCUT2D eigenvalue weighted by Gasteiger charge is -2.27. The predicted molar refractivity (Wildman–Crippen MR) is 113 cm³/mol. The average molecular weight is 385 g/mol. The van der Waals surface area contributed by atoms with Crippen LogP contribution in [0.2, 0.25) is 0 Å². The van der Waals surface area contributed by atoms with E-state index in [4.69, 9.17) is 9.57 Å². The summed E-state index contributed by atoms with van der Waals surface area (Å²) in [6, 6.07) is 25.2. The molecule has 29 heavy (non-hydrogen) atoms. The number of carbonyl (C=O) groups excluding carboxylic acids is 1. The monoisotopic (exact) mass is 385 g/mol. The zero-order chi connectivity index (χ0) is 20.3. The number of carbonyl (C=O) groups is 1. The summed E-state index contributed by atoms with van der Waals surface area (Å²) in [5.74, 6) is 0.790. The van der Waals surface area contributed by atoms with Gasteiger partial charge in [0.2, 0.25) is 0 Å². The van der Waals surface area contributed by atoms with Crippen LogP contribution < -0.4 is 4.74 Å². The summed E-state index contributed by atoms with van der Waals surface area (Å²) in [5, 5.41) is 4.39. The lowest BCUT2D eigenvalue weighted by molar-refractivity contribution is -0.0248. The summed E-state index contributed by atoms with van der Waals surface area (Å²) in [4.78, 5) is 19.1. The molecule has 0 radical (unpaired) electrons. The molecule has 0 aliphatic carbocycles. The normalized spacial score (nSPS) is 18.1. The number of aryl methyl sites for hydroxylation is 1. The fourth-order valence-corrected chi connectivity index (χ4v) is 3.61. The van der Waals surface area contributed by atoms with Crippen LogP contribution in [-0.2, 0) is 10.4 Å². The minimum atomic E-state index is -0.834. The molecule has 0 saturated carbocycles. The van der Waals surface area contributed by atoms with Gasteiger partial charge in [-0.15, -0.1) is 0 Å². The van der Waals surface area contributed by atoms with Gasteiger partial charge in [-0.05, 0) is 30.2 Å². The van der Waals surface area contributed by atoms with Gasteiger partial charge in [-0.25, -0.2) is 0 Å². The maximum atomic E-state index is 13.0. The van der Waals surface area contributed by atoms with Crippen molar-refractivity contribution in [2.45, 2.75) is 25.4 Å². The first kappa shape index (κ1) is 18.9. The Kier molecular flexibility index (Phi) is 5.17. The Morgan fingerprint density at radius 2 is 1.69 bits per heavy atom. The number of methoxy groups -OCH3 is 1. The smallest absolute Gasteiger partial charge is 0.175 e. The highest BCUT2D eigenvalue weighted by atomic mass is 16.7. The minimum Gasteiger partial charge on any atom is -0.497 e. The van der Waals surface area contributed by atoms with Crippen LogP contribution in [0.1, 0.15) is 39.9 Å². The number of rotatable bonds is 6. The van der Waals surface area contributed by atoms with Crippen LogP contribution in [0.4, 0.5) is 0 Å². The quantitative estimate of drug-likeness (QED) is 0.541. The predicted octanol–water partition coefficient (Wildman–Crippen LogP) is 5.30. The average Bonchev–Trinajstić information content (AvgIpc) is 3.20. The van der Waals surface area contributed by atoms with Crippen molar-refractivity contribution in [3.05, 3.63) is 101 Å². The summed E-state index contributed by atoms with van der Waals surface area (Å²) in [6.45, 7) is 2.05. The first-order valence-corrected chi connectivity index (χ1v) is 9.64. The number of hydrogen-bond acceptors (Lipinski definition) is 4. The Bertz CT molecular complexity index is 1020. The molecule has 3 aromatic carbocycles. The number of hydrogen-bond donors (Lipinski definition) is 0. The highest BCUT2D eigenvalue weighted by Gasteiger charge is 2.43.